The molecule has 6 nitrogen and oxygen atoms in total. The van der Waals surface area contributed by atoms with E-state index in [9.17, 15) is 13.2 Å². The van der Waals surface area contributed by atoms with Crippen LogP contribution in [0.25, 0.3) is 0 Å². The number of nitrogens with zero attached hydrogens (tertiary/aromatic N) is 1. The summed E-state index contributed by atoms with van der Waals surface area (Å²) in [6.45, 7) is 5.62. The van der Waals surface area contributed by atoms with Crippen LogP contribution in [0.5, 0.6) is 5.75 Å². The number of sulfonamides is 1. The minimum absolute atomic E-state index is 0.0487. The summed E-state index contributed by atoms with van der Waals surface area (Å²) in [6, 6.07) is 12.4. The maximum atomic E-state index is 12.9. The monoisotopic (exact) mass is 424 g/mol. The summed E-state index contributed by atoms with van der Waals surface area (Å²) in [7, 11) is -3.69. The van der Waals surface area contributed by atoms with Gasteiger partial charge >= 0.3 is 0 Å². The molecule has 0 unspecified atom stereocenters. The lowest BCUT2D eigenvalue weighted by atomic mass is 10.1. The van der Waals surface area contributed by atoms with E-state index in [1.165, 1.54) is 0 Å². The minimum Gasteiger partial charge on any atom is -0.491 e. The summed E-state index contributed by atoms with van der Waals surface area (Å²) >= 11 is 5.90. The Morgan fingerprint density at radius 1 is 1.11 bits per heavy atom. The molecule has 2 aromatic rings. The third-order valence-electron chi connectivity index (χ3n) is 3.90. The van der Waals surface area contributed by atoms with Gasteiger partial charge in [-0.3, -0.25) is 9.10 Å². The number of halogens is 1. The van der Waals surface area contributed by atoms with Gasteiger partial charge in [-0.2, -0.15) is 0 Å². The summed E-state index contributed by atoms with van der Waals surface area (Å²) in [6.07, 6.45) is 1.43. The molecule has 1 N–H and O–H groups in total. The maximum absolute atomic E-state index is 12.9. The zero-order chi connectivity index (χ0) is 20.9. The zero-order valence-electron chi connectivity index (χ0n) is 16.3. The fourth-order valence-electron chi connectivity index (χ4n) is 2.76. The Labute approximate surface area is 171 Å². The summed E-state index contributed by atoms with van der Waals surface area (Å²) in [5.74, 6) is 0.277. The van der Waals surface area contributed by atoms with Crippen molar-refractivity contribution in [3.8, 4) is 5.75 Å². The second-order valence-electron chi connectivity index (χ2n) is 6.64. The maximum Gasteiger partial charge on any atom is 0.248 e. The van der Waals surface area contributed by atoms with Crippen molar-refractivity contribution < 1.29 is 17.9 Å². The highest BCUT2D eigenvalue weighted by Gasteiger charge is 2.31. The van der Waals surface area contributed by atoms with Crippen LogP contribution in [0.2, 0.25) is 5.02 Å². The van der Waals surface area contributed by atoms with Crippen molar-refractivity contribution in [3.63, 3.8) is 0 Å². The quantitative estimate of drug-likeness (QED) is 0.685. The van der Waals surface area contributed by atoms with Crippen LogP contribution in [0.1, 0.15) is 27.2 Å². The zero-order valence-corrected chi connectivity index (χ0v) is 17.9. The van der Waals surface area contributed by atoms with Crippen LogP contribution in [0.3, 0.4) is 0 Å². The molecule has 0 aliphatic heterocycles. The molecule has 1 atom stereocenters. The first-order valence-electron chi connectivity index (χ1n) is 8.94. The van der Waals surface area contributed by atoms with Gasteiger partial charge in [-0.15, -0.1) is 0 Å². The smallest absolute Gasteiger partial charge is 0.248 e. The molecule has 2 aromatic carbocycles. The van der Waals surface area contributed by atoms with Gasteiger partial charge in [0.2, 0.25) is 15.9 Å². The van der Waals surface area contributed by atoms with Crippen LogP contribution in [0, 0.1) is 0 Å². The van der Waals surface area contributed by atoms with E-state index in [0.717, 1.165) is 10.6 Å². The predicted octanol–water partition coefficient (Wildman–Crippen LogP) is 4.31. The van der Waals surface area contributed by atoms with E-state index < -0.39 is 22.0 Å². The molecule has 28 heavy (non-hydrogen) atoms. The number of nitrogens with one attached hydrogen (secondary N) is 1. The highest BCUT2D eigenvalue weighted by atomic mass is 35.5. The van der Waals surface area contributed by atoms with Gasteiger partial charge < -0.3 is 10.1 Å². The minimum atomic E-state index is -3.69. The van der Waals surface area contributed by atoms with Crippen LogP contribution >= 0.6 is 11.6 Å². The third kappa shape index (κ3) is 5.87. The van der Waals surface area contributed by atoms with Crippen LogP contribution < -0.4 is 14.4 Å². The molecule has 8 heteroatoms. The van der Waals surface area contributed by atoms with E-state index in [0.29, 0.717) is 28.6 Å². The molecule has 0 radical (unpaired) electrons. The van der Waals surface area contributed by atoms with Gasteiger partial charge in [-0.25, -0.2) is 8.42 Å². The standard InChI is InChI=1S/C20H25ClN2O4S/c1-5-19(23(28(4,25)26)17-10-6-15(21)7-11-17)20(24)22-16-8-12-18(13-9-16)27-14(2)3/h6-14,19H,5H2,1-4H3,(H,22,24)/t19-/m0/s1. The van der Waals surface area contributed by atoms with Crippen molar-refractivity contribution in [1.29, 1.82) is 0 Å². The molecular weight excluding hydrogens is 400 g/mol. The average Bonchev–Trinajstić information content (AvgIpc) is 2.60. The first kappa shape index (κ1) is 22.0. The van der Waals surface area contributed by atoms with Gasteiger partial charge in [-0.1, -0.05) is 18.5 Å². The van der Waals surface area contributed by atoms with Crippen molar-refractivity contribution >= 4 is 38.9 Å². The lowest BCUT2D eigenvalue weighted by Gasteiger charge is -2.30. The number of carbonyl (C=O) groups excluding carboxylic acids is 1. The van der Waals surface area contributed by atoms with E-state index in [1.54, 1.807) is 55.5 Å². The topological polar surface area (TPSA) is 75.7 Å². The van der Waals surface area contributed by atoms with Gasteiger partial charge in [0.1, 0.15) is 11.8 Å². The second-order valence-corrected chi connectivity index (χ2v) is 8.94. The summed E-state index contributed by atoms with van der Waals surface area (Å²) in [5, 5.41) is 3.27. The van der Waals surface area contributed by atoms with Crippen molar-refractivity contribution in [2.45, 2.75) is 39.3 Å². The fourth-order valence-corrected chi connectivity index (χ4v) is 4.10. The van der Waals surface area contributed by atoms with E-state index in [4.69, 9.17) is 16.3 Å². The Kier molecular flexibility index (Phi) is 7.32. The Bertz CT molecular complexity index is 897. The number of hydrogen-bond acceptors (Lipinski definition) is 4. The predicted molar refractivity (Wildman–Crippen MR) is 114 cm³/mol. The van der Waals surface area contributed by atoms with Gasteiger partial charge in [0.25, 0.3) is 0 Å². The van der Waals surface area contributed by atoms with Crippen molar-refractivity contribution in [2.75, 3.05) is 15.9 Å². The molecule has 0 bridgehead atoms. The number of carbonyl (C=O) groups is 1. The highest BCUT2D eigenvalue weighted by Crippen LogP contribution is 2.25. The Morgan fingerprint density at radius 3 is 2.14 bits per heavy atom. The second kappa shape index (κ2) is 9.30. The number of amides is 1. The van der Waals surface area contributed by atoms with Crippen molar-refractivity contribution in [1.82, 2.24) is 0 Å². The number of hydrogen-bond donors (Lipinski definition) is 1. The summed E-state index contributed by atoms with van der Waals surface area (Å²) in [4.78, 5) is 12.9. The number of anilines is 2. The van der Waals surface area contributed by atoms with Crippen LogP contribution in [0.15, 0.2) is 48.5 Å². The van der Waals surface area contributed by atoms with E-state index in [2.05, 4.69) is 5.32 Å². The van der Waals surface area contributed by atoms with Gasteiger partial charge in [0, 0.05) is 10.7 Å². The lowest BCUT2D eigenvalue weighted by molar-refractivity contribution is -0.117. The number of ether oxygens (including phenoxy) is 1. The Balaban J connectivity index is 2.25. The first-order chi connectivity index (χ1) is 13.1. The fraction of sp³-hybridized carbons (Fsp3) is 0.350. The molecule has 1 amide bonds. The molecule has 0 aliphatic carbocycles. The summed E-state index contributed by atoms with van der Waals surface area (Å²) in [5.41, 5.74) is 0.943. The van der Waals surface area contributed by atoms with Crippen molar-refractivity contribution in [2.24, 2.45) is 0 Å². The third-order valence-corrected chi connectivity index (χ3v) is 5.34. The molecule has 0 fully saturated rings. The first-order valence-corrected chi connectivity index (χ1v) is 11.2. The highest BCUT2D eigenvalue weighted by molar-refractivity contribution is 7.92. The molecule has 152 valence electrons. The number of rotatable bonds is 8. The molecule has 0 saturated heterocycles. The Hall–Kier alpha value is -2.25. The molecular formula is C20H25ClN2O4S. The molecule has 0 aliphatic rings. The lowest BCUT2D eigenvalue weighted by Crippen LogP contribution is -2.46. The normalized spacial score (nSPS) is 12.5. The molecule has 0 aromatic heterocycles. The Morgan fingerprint density at radius 2 is 1.68 bits per heavy atom. The van der Waals surface area contributed by atoms with Gasteiger partial charge in [0.05, 0.1) is 18.0 Å². The molecule has 0 spiro atoms. The van der Waals surface area contributed by atoms with Crippen LogP contribution in [-0.2, 0) is 14.8 Å². The average molecular weight is 425 g/mol. The molecule has 0 heterocycles. The van der Waals surface area contributed by atoms with E-state index >= 15 is 0 Å². The van der Waals surface area contributed by atoms with Crippen LogP contribution in [0.4, 0.5) is 11.4 Å². The largest absolute Gasteiger partial charge is 0.491 e. The van der Waals surface area contributed by atoms with Crippen LogP contribution in [-0.4, -0.2) is 32.7 Å². The van der Waals surface area contributed by atoms with Gasteiger partial charge in [-0.05, 0) is 68.8 Å². The number of benzene rings is 2. The van der Waals surface area contributed by atoms with Gasteiger partial charge in [0.15, 0.2) is 0 Å². The SMILES string of the molecule is CC[C@@H](C(=O)Nc1ccc(OC(C)C)cc1)N(c1ccc(Cl)cc1)S(C)(=O)=O. The van der Waals surface area contributed by atoms with E-state index in [1.807, 2.05) is 13.8 Å². The molecule has 2 rings (SSSR count). The summed E-state index contributed by atoms with van der Waals surface area (Å²) < 4.78 is 31.5. The van der Waals surface area contributed by atoms with E-state index in [-0.39, 0.29) is 6.10 Å². The van der Waals surface area contributed by atoms with Crippen molar-refractivity contribution in [3.05, 3.63) is 53.6 Å². The molecule has 0 saturated carbocycles.